The number of thiol groups is 1. The third-order valence-corrected chi connectivity index (χ3v) is 2.97. The van der Waals surface area contributed by atoms with Gasteiger partial charge >= 0.3 is 0 Å². The third kappa shape index (κ3) is 4.03. The highest BCUT2D eigenvalue weighted by atomic mass is 32.1. The molecular formula is C15H15NO2S. The predicted octanol–water partition coefficient (Wildman–Crippen LogP) is 3.17. The van der Waals surface area contributed by atoms with E-state index in [0.717, 1.165) is 21.9 Å². The highest BCUT2D eigenvalue weighted by Crippen LogP contribution is 2.15. The van der Waals surface area contributed by atoms with Crippen LogP contribution in [0.1, 0.15) is 5.56 Å². The fourth-order valence-corrected chi connectivity index (χ4v) is 1.83. The van der Waals surface area contributed by atoms with Gasteiger partial charge in [-0.15, -0.1) is 12.6 Å². The summed E-state index contributed by atoms with van der Waals surface area (Å²) < 4.78 is 5.06. The van der Waals surface area contributed by atoms with Gasteiger partial charge in [-0.25, -0.2) is 0 Å². The number of hydrogen-bond acceptors (Lipinski definition) is 3. The maximum Gasteiger partial charge on any atom is 0.228 e. The predicted molar refractivity (Wildman–Crippen MR) is 79.0 cm³/mol. The van der Waals surface area contributed by atoms with Gasteiger partial charge in [-0.1, -0.05) is 12.1 Å². The molecule has 0 heterocycles. The van der Waals surface area contributed by atoms with E-state index in [4.69, 9.17) is 4.74 Å². The van der Waals surface area contributed by atoms with Gasteiger partial charge in [0, 0.05) is 10.6 Å². The molecule has 19 heavy (non-hydrogen) atoms. The van der Waals surface area contributed by atoms with Crippen molar-refractivity contribution in [2.45, 2.75) is 11.3 Å². The van der Waals surface area contributed by atoms with Crippen molar-refractivity contribution in [2.24, 2.45) is 0 Å². The molecule has 0 unspecified atom stereocenters. The van der Waals surface area contributed by atoms with Crippen LogP contribution >= 0.6 is 12.6 Å². The van der Waals surface area contributed by atoms with Gasteiger partial charge in [0.1, 0.15) is 5.75 Å². The quantitative estimate of drug-likeness (QED) is 0.840. The second-order valence-electron chi connectivity index (χ2n) is 4.12. The molecule has 1 N–H and O–H groups in total. The first-order chi connectivity index (χ1) is 9.17. The van der Waals surface area contributed by atoms with Crippen molar-refractivity contribution >= 4 is 24.2 Å². The van der Waals surface area contributed by atoms with Crippen molar-refractivity contribution in [1.82, 2.24) is 0 Å². The summed E-state index contributed by atoms with van der Waals surface area (Å²) in [7, 11) is 1.61. The number of ether oxygens (including phenoxy) is 1. The van der Waals surface area contributed by atoms with Crippen molar-refractivity contribution in [3.05, 3.63) is 54.1 Å². The first-order valence-electron chi connectivity index (χ1n) is 5.89. The first-order valence-corrected chi connectivity index (χ1v) is 6.34. The van der Waals surface area contributed by atoms with Crippen molar-refractivity contribution in [3.63, 3.8) is 0 Å². The van der Waals surface area contributed by atoms with Crippen LogP contribution in [0, 0.1) is 0 Å². The average molecular weight is 273 g/mol. The molecule has 0 aliphatic heterocycles. The molecule has 2 aromatic carbocycles. The van der Waals surface area contributed by atoms with Gasteiger partial charge in [0.25, 0.3) is 0 Å². The van der Waals surface area contributed by atoms with Crippen LogP contribution in [0.5, 0.6) is 5.75 Å². The Hall–Kier alpha value is -1.94. The number of nitrogens with one attached hydrogen (secondary N) is 1. The second-order valence-corrected chi connectivity index (χ2v) is 4.64. The zero-order valence-electron chi connectivity index (χ0n) is 10.6. The van der Waals surface area contributed by atoms with Crippen molar-refractivity contribution in [1.29, 1.82) is 0 Å². The molecule has 0 spiro atoms. The Morgan fingerprint density at radius 2 is 1.74 bits per heavy atom. The number of methoxy groups -OCH3 is 1. The Labute approximate surface area is 118 Å². The molecule has 3 nitrogen and oxygen atoms in total. The first kappa shape index (κ1) is 13.5. The lowest BCUT2D eigenvalue weighted by atomic mass is 10.1. The Kier molecular flexibility index (Phi) is 4.47. The second kappa shape index (κ2) is 6.29. The number of amides is 1. The Morgan fingerprint density at radius 1 is 1.11 bits per heavy atom. The molecule has 98 valence electrons. The van der Waals surface area contributed by atoms with Crippen LogP contribution in [0.2, 0.25) is 0 Å². The van der Waals surface area contributed by atoms with Gasteiger partial charge in [-0.2, -0.15) is 0 Å². The molecule has 0 bridgehead atoms. The van der Waals surface area contributed by atoms with Crippen LogP contribution in [-0.2, 0) is 11.2 Å². The average Bonchev–Trinajstić information content (AvgIpc) is 2.42. The van der Waals surface area contributed by atoms with Gasteiger partial charge in [-0.05, 0) is 42.0 Å². The molecule has 0 radical (unpaired) electrons. The standard InChI is InChI=1S/C15H15NO2S/c1-18-13-6-4-12(5-7-13)16-15(17)10-11-2-8-14(19)9-3-11/h2-9,19H,10H2,1H3,(H,16,17). The normalized spacial score (nSPS) is 10.0. The number of benzene rings is 2. The zero-order valence-corrected chi connectivity index (χ0v) is 11.5. The van der Waals surface area contributed by atoms with Gasteiger partial charge in [0.2, 0.25) is 5.91 Å². The molecule has 0 aliphatic rings. The van der Waals surface area contributed by atoms with E-state index in [-0.39, 0.29) is 5.91 Å². The molecule has 2 aromatic rings. The molecule has 0 saturated carbocycles. The van der Waals surface area contributed by atoms with Crippen molar-refractivity contribution < 1.29 is 9.53 Å². The summed E-state index contributed by atoms with van der Waals surface area (Å²) in [5.41, 5.74) is 1.72. The molecule has 2 rings (SSSR count). The summed E-state index contributed by atoms with van der Waals surface area (Å²) in [5, 5.41) is 2.84. The zero-order chi connectivity index (χ0) is 13.7. The smallest absolute Gasteiger partial charge is 0.228 e. The topological polar surface area (TPSA) is 38.3 Å². The number of hydrogen-bond donors (Lipinski definition) is 2. The van der Waals surface area contributed by atoms with E-state index >= 15 is 0 Å². The fourth-order valence-electron chi connectivity index (χ4n) is 1.68. The lowest BCUT2D eigenvalue weighted by molar-refractivity contribution is -0.115. The highest BCUT2D eigenvalue weighted by Gasteiger charge is 2.04. The van der Waals surface area contributed by atoms with E-state index in [1.165, 1.54) is 0 Å². The summed E-state index contributed by atoms with van der Waals surface area (Å²) in [6, 6.07) is 14.8. The Balaban J connectivity index is 1.95. The van der Waals surface area contributed by atoms with E-state index in [2.05, 4.69) is 17.9 Å². The van der Waals surface area contributed by atoms with Crippen molar-refractivity contribution in [3.8, 4) is 5.75 Å². The molecule has 4 heteroatoms. The number of anilines is 1. The lowest BCUT2D eigenvalue weighted by Crippen LogP contribution is -2.14. The number of carbonyl (C=O) groups excluding carboxylic acids is 1. The van der Waals surface area contributed by atoms with Gasteiger partial charge < -0.3 is 10.1 Å². The van der Waals surface area contributed by atoms with Crippen LogP contribution in [0.15, 0.2) is 53.4 Å². The highest BCUT2D eigenvalue weighted by molar-refractivity contribution is 7.80. The molecule has 0 aromatic heterocycles. The molecule has 0 atom stereocenters. The van der Waals surface area contributed by atoms with E-state index in [9.17, 15) is 4.79 Å². The SMILES string of the molecule is COc1ccc(NC(=O)Cc2ccc(S)cc2)cc1. The molecule has 1 amide bonds. The largest absolute Gasteiger partial charge is 0.497 e. The van der Waals surface area contributed by atoms with Crippen LogP contribution in [0.3, 0.4) is 0 Å². The third-order valence-electron chi connectivity index (χ3n) is 2.67. The van der Waals surface area contributed by atoms with Crippen LogP contribution in [0.4, 0.5) is 5.69 Å². The van der Waals surface area contributed by atoms with Crippen molar-refractivity contribution in [2.75, 3.05) is 12.4 Å². The van der Waals surface area contributed by atoms with E-state index in [1.807, 2.05) is 48.5 Å². The maximum absolute atomic E-state index is 11.9. The lowest BCUT2D eigenvalue weighted by Gasteiger charge is -2.06. The van der Waals surface area contributed by atoms with E-state index in [1.54, 1.807) is 7.11 Å². The minimum Gasteiger partial charge on any atom is -0.497 e. The van der Waals surface area contributed by atoms with Crippen LogP contribution in [0.25, 0.3) is 0 Å². The fraction of sp³-hybridized carbons (Fsp3) is 0.133. The minimum absolute atomic E-state index is 0.0444. The summed E-state index contributed by atoms with van der Waals surface area (Å²) in [5.74, 6) is 0.722. The molecule has 0 saturated heterocycles. The van der Waals surface area contributed by atoms with Gasteiger partial charge in [-0.3, -0.25) is 4.79 Å². The summed E-state index contributed by atoms with van der Waals surface area (Å²) in [6.07, 6.45) is 0.347. The van der Waals surface area contributed by atoms with Crippen LogP contribution < -0.4 is 10.1 Å². The van der Waals surface area contributed by atoms with Crippen LogP contribution in [-0.4, -0.2) is 13.0 Å². The van der Waals surface area contributed by atoms with Gasteiger partial charge in [0.15, 0.2) is 0 Å². The molecular weight excluding hydrogens is 258 g/mol. The summed E-state index contributed by atoms with van der Waals surface area (Å²) in [4.78, 5) is 12.7. The monoisotopic (exact) mass is 273 g/mol. The summed E-state index contributed by atoms with van der Waals surface area (Å²) >= 11 is 4.21. The maximum atomic E-state index is 11.9. The molecule has 0 fully saturated rings. The van der Waals surface area contributed by atoms with Gasteiger partial charge in [0.05, 0.1) is 13.5 Å². The minimum atomic E-state index is -0.0444. The number of carbonyl (C=O) groups is 1. The summed E-state index contributed by atoms with van der Waals surface area (Å²) in [6.45, 7) is 0. The Bertz CT molecular complexity index is 549. The van der Waals surface area contributed by atoms with E-state index in [0.29, 0.717) is 6.42 Å². The van der Waals surface area contributed by atoms with E-state index < -0.39 is 0 Å². The Morgan fingerprint density at radius 3 is 2.32 bits per heavy atom. The molecule has 0 aliphatic carbocycles. The number of rotatable bonds is 4.